The van der Waals surface area contributed by atoms with Crippen molar-refractivity contribution in [3.05, 3.63) is 24.3 Å². The molecule has 1 aromatic rings. The summed E-state index contributed by atoms with van der Waals surface area (Å²) in [6.45, 7) is 7.05. The highest BCUT2D eigenvalue weighted by Gasteiger charge is 2.28. The summed E-state index contributed by atoms with van der Waals surface area (Å²) in [5.41, 5.74) is 0. The van der Waals surface area contributed by atoms with Crippen molar-refractivity contribution in [3.63, 3.8) is 0 Å². The Labute approximate surface area is 134 Å². The predicted molar refractivity (Wildman–Crippen MR) is 88.8 cm³/mol. The number of nitrogens with zero attached hydrogens (tertiary/aromatic N) is 2. The minimum absolute atomic E-state index is 0.789. The molecule has 0 amide bonds. The Morgan fingerprint density at radius 2 is 1.82 bits per heavy atom. The number of ether oxygens (including phenoxy) is 2. The molecule has 0 N–H and O–H groups in total. The number of benzene rings is 1. The molecule has 4 heteroatoms. The van der Waals surface area contributed by atoms with Crippen molar-refractivity contribution in [2.75, 3.05) is 46.4 Å². The Kier molecular flexibility index (Phi) is 5.57. The van der Waals surface area contributed by atoms with Crippen molar-refractivity contribution in [2.45, 2.75) is 31.7 Å². The Morgan fingerprint density at radius 3 is 2.64 bits per heavy atom. The van der Waals surface area contributed by atoms with Gasteiger partial charge >= 0.3 is 0 Å². The maximum absolute atomic E-state index is 5.82. The van der Waals surface area contributed by atoms with Gasteiger partial charge < -0.3 is 14.4 Å². The number of rotatable bonds is 6. The summed E-state index contributed by atoms with van der Waals surface area (Å²) in [5.74, 6) is 1.80. The molecular formula is C18H28N2O2. The van der Waals surface area contributed by atoms with Gasteiger partial charge in [-0.05, 0) is 69.6 Å². The molecule has 1 aromatic carbocycles. The van der Waals surface area contributed by atoms with Gasteiger partial charge in [-0.15, -0.1) is 0 Å². The van der Waals surface area contributed by atoms with E-state index >= 15 is 0 Å². The van der Waals surface area contributed by atoms with Crippen molar-refractivity contribution >= 4 is 0 Å². The largest absolute Gasteiger partial charge is 0.497 e. The number of methoxy groups -OCH3 is 1. The molecule has 2 heterocycles. The van der Waals surface area contributed by atoms with E-state index < -0.39 is 0 Å². The third-order valence-corrected chi connectivity index (χ3v) is 4.83. The molecule has 0 radical (unpaired) electrons. The van der Waals surface area contributed by atoms with Gasteiger partial charge in [0.25, 0.3) is 0 Å². The highest BCUT2D eigenvalue weighted by atomic mass is 16.5. The van der Waals surface area contributed by atoms with Crippen LogP contribution in [0.15, 0.2) is 24.3 Å². The van der Waals surface area contributed by atoms with Gasteiger partial charge in [-0.1, -0.05) is 0 Å². The second-order valence-electron chi connectivity index (χ2n) is 6.36. The summed E-state index contributed by atoms with van der Waals surface area (Å²) in [5, 5.41) is 0. The lowest BCUT2D eigenvalue weighted by Gasteiger charge is -2.25. The molecule has 0 aliphatic carbocycles. The van der Waals surface area contributed by atoms with Crippen LogP contribution in [0.4, 0.5) is 0 Å². The van der Waals surface area contributed by atoms with Crippen LogP contribution in [0.25, 0.3) is 0 Å². The Morgan fingerprint density at radius 1 is 1.05 bits per heavy atom. The fourth-order valence-corrected chi connectivity index (χ4v) is 3.64. The van der Waals surface area contributed by atoms with Gasteiger partial charge in [0, 0.05) is 19.1 Å². The van der Waals surface area contributed by atoms with Crippen LogP contribution in [-0.4, -0.2) is 62.3 Å². The van der Waals surface area contributed by atoms with E-state index in [1.807, 2.05) is 24.3 Å². The lowest BCUT2D eigenvalue weighted by molar-refractivity contribution is 0.205. The summed E-state index contributed by atoms with van der Waals surface area (Å²) >= 11 is 0. The van der Waals surface area contributed by atoms with Crippen LogP contribution in [0.5, 0.6) is 11.5 Å². The fraction of sp³-hybridized carbons (Fsp3) is 0.667. The molecule has 2 fully saturated rings. The predicted octanol–water partition coefficient (Wildman–Crippen LogP) is 2.63. The van der Waals surface area contributed by atoms with Gasteiger partial charge in [0.15, 0.2) is 0 Å². The molecule has 2 saturated heterocycles. The topological polar surface area (TPSA) is 24.9 Å². The van der Waals surface area contributed by atoms with Crippen molar-refractivity contribution in [1.29, 1.82) is 0 Å². The molecular weight excluding hydrogens is 276 g/mol. The maximum Gasteiger partial charge on any atom is 0.119 e. The van der Waals surface area contributed by atoms with E-state index in [2.05, 4.69) is 9.80 Å². The van der Waals surface area contributed by atoms with Crippen LogP contribution in [0.3, 0.4) is 0 Å². The van der Waals surface area contributed by atoms with E-state index in [9.17, 15) is 0 Å². The molecule has 0 bridgehead atoms. The molecule has 2 aliphatic heterocycles. The minimum Gasteiger partial charge on any atom is -0.497 e. The summed E-state index contributed by atoms with van der Waals surface area (Å²) in [7, 11) is 1.68. The van der Waals surface area contributed by atoms with E-state index in [1.165, 1.54) is 45.4 Å². The van der Waals surface area contributed by atoms with Gasteiger partial charge in [0.1, 0.15) is 11.5 Å². The Balaban J connectivity index is 1.37. The second-order valence-corrected chi connectivity index (χ2v) is 6.36. The van der Waals surface area contributed by atoms with Gasteiger partial charge in [-0.3, -0.25) is 4.90 Å². The number of fused-ring (bicyclic) bond motifs is 1. The first-order valence-electron chi connectivity index (χ1n) is 8.58. The van der Waals surface area contributed by atoms with Gasteiger partial charge in [0.2, 0.25) is 0 Å². The van der Waals surface area contributed by atoms with Crippen molar-refractivity contribution < 1.29 is 9.47 Å². The van der Waals surface area contributed by atoms with E-state index in [0.717, 1.165) is 37.1 Å². The van der Waals surface area contributed by atoms with Crippen molar-refractivity contribution in [1.82, 2.24) is 9.80 Å². The lowest BCUT2D eigenvalue weighted by atomic mass is 10.2. The zero-order chi connectivity index (χ0) is 15.2. The van der Waals surface area contributed by atoms with Gasteiger partial charge in [0.05, 0.1) is 13.7 Å². The first-order chi connectivity index (χ1) is 10.8. The molecule has 122 valence electrons. The maximum atomic E-state index is 5.82. The average Bonchev–Trinajstić information content (AvgIpc) is 2.90. The highest BCUT2D eigenvalue weighted by molar-refractivity contribution is 5.31. The normalized spacial score (nSPS) is 23.0. The summed E-state index contributed by atoms with van der Waals surface area (Å²) < 4.78 is 11.0. The molecule has 0 saturated carbocycles. The third kappa shape index (κ3) is 4.14. The molecule has 0 aromatic heterocycles. The monoisotopic (exact) mass is 304 g/mol. The smallest absolute Gasteiger partial charge is 0.119 e. The standard InChI is InChI=1S/C18H28N2O2/c1-21-17-6-8-18(9-7-17)22-14-4-11-19-10-3-13-20-12-2-5-16(20)15-19/h6-9,16H,2-5,10-15H2,1H3/t16-/m0/s1. The summed E-state index contributed by atoms with van der Waals surface area (Å²) in [6.07, 6.45) is 5.19. The van der Waals surface area contributed by atoms with E-state index in [1.54, 1.807) is 7.11 Å². The lowest BCUT2D eigenvalue weighted by Crippen LogP contribution is -2.37. The summed E-state index contributed by atoms with van der Waals surface area (Å²) in [6, 6.07) is 8.64. The van der Waals surface area contributed by atoms with Crippen LogP contribution in [0.1, 0.15) is 25.7 Å². The van der Waals surface area contributed by atoms with E-state index in [0.29, 0.717) is 0 Å². The number of hydrogen-bond acceptors (Lipinski definition) is 4. The Hall–Kier alpha value is -1.26. The van der Waals surface area contributed by atoms with Crippen LogP contribution >= 0.6 is 0 Å². The molecule has 2 aliphatic rings. The van der Waals surface area contributed by atoms with Gasteiger partial charge in [-0.2, -0.15) is 0 Å². The Bertz CT molecular complexity index is 449. The van der Waals surface area contributed by atoms with E-state index in [-0.39, 0.29) is 0 Å². The van der Waals surface area contributed by atoms with E-state index in [4.69, 9.17) is 9.47 Å². The zero-order valence-corrected chi connectivity index (χ0v) is 13.7. The van der Waals surface area contributed by atoms with Crippen LogP contribution in [0, 0.1) is 0 Å². The molecule has 0 spiro atoms. The van der Waals surface area contributed by atoms with Crippen LogP contribution < -0.4 is 9.47 Å². The first kappa shape index (κ1) is 15.6. The van der Waals surface area contributed by atoms with Crippen LogP contribution in [0.2, 0.25) is 0 Å². The third-order valence-electron chi connectivity index (χ3n) is 4.83. The summed E-state index contributed by atoms with van der Waals surface area (Å²) in [4.78, 5) is 5.32. The quantitative estimate of drug-likeness (QED) is 0.754. The molecule has 22 heavy (non-hydrogen) atoms. The highest BCUT2D eigenvalue weighted by Crippen LogP contribution is 2.21. The van der Waals surface area contributed by atoms with Gasteiger partial charge in [-0.25, -0.2) is 0 Å². The molecule has 3 rings (SSSR count). The molecule has 1 atom stereocenters. The van der Waals surface area contributed by atoms with Crippen molar-refractivity contribution in [2.24, 2.45) is 0 Å². The molecule has 4 nitrogen and oxygen atoms in total. The minimum atomic E-state index is 0.789. The SMILES string of the molecule is COc1ccc(OCCCN2CCCN3CCC[C@H]3C2)cc1. The molecule has 0 unspecified atom stereocenters. The van der Waals surface area contributed by atoms with Crippen LogP contribution in [-0.2, 0) is 0 Å². The first-order valence-corrected chi connectivity index (χ1v) is 8.58. The fourth-order valence-electron chi connectivity index (χ4n) is 3.64. The number of hydrogen-bond donors (Lipinski definition) is 0. The average molecular weight is 304 g/mol. The zero-order valence-electron chi connectivity index (χ0n) is 13.7. The van der Waals surface area contributed by atoms with Crippen molar-refractivity contribution in [3.8, 4) is 11.5 Å². The second kappa shape index (κ2) is 7.84.